The second kappa shape index (κ2) is 6.64. The number of aromatic amines is 1. The molecule has 0 atom stereocenters. The molecule has 1 heterocycles. The SMILES string of the molecule is Cl.N=C(N)c1ccc2nc(/C=C/c3ccccc3Cl)[nH]c2c1. The predicted molar refractivity (Wildman–Crippen MR) is 94.7 cm³/mol. The number of fused-ring (bicyclic) bond motifs is 1. The first-order chi connectivity index (χ1) is 10.1. The Hall–Kier alpha value is -2.30. The predicted octanol–water partition coefficient (Wildman–Crippen LogP) is 4.09. The van der Waals surface area contributed by atoms with Crippen LogP contribution in [0.3, 0.4) is 0 Å². The zero-order chi connectivity index (χ0) is 14.8. The van der Waals surface area contributed by atoms with E-state index < -0.39 is 0 Å². The second-order valence-corrected chi connectivity index (χ2v) is 5.03. The third-order valence-electron chi connectivity index (χ3n) is 3.14. The van der Waals surface area contributed by atoms with E-state index in [1.807, 2.05) is 48.6 Å². The molecule has 0 saturated carbocycles. The summed E-state index contributed by atoms with van der Waals surface area (Å²) in [5.41, 5.74) is 8.77. The lowest BCUT2D eigenvalue weighted by molar-refractivity contribution is 1.29. The van der Waals surface area contributed by atoms with Gasteiger partial charge in [0.2, 0.25) is 0 Å². The minimum atomic E-state index is 0. The van der Waals surface area contributed by atoms with Crippen molar-refractivity contribution >= 4 is 53.0 Å². The normalized spacial score (nSPS) is 10.8. The van der Waals surface area contributed by atoms with Crippen molar-refractivity contribution in [1.82, 2.24) is 9.97 Å². The molecule has 0 unspecified atom stereocenters. The average Bonchev–Trinajstić information content (AvgIpc) is 2.88. The Morgan fingerprint density at radius 2 is 1.95 bits per heavy atom. The first kappa shape index (κ1) is 16.1. The highest BCUT2D eigenvalue weighted by Crippen LogP contribution is 2.19. The molecule has 0 spiro atoms. The monoisotopic (exact) mass is 332 g/mol. The number of nitrogens with two attached hydrogens (primary N) is 1. The molecule has 0 aliphatic carbocycles. The van der Waals surface area contributed by atoms with E-state index in [9.17, 15) is 0 Å². The summed E-state index contributed by atoms with van der Waals surface area (Å²) < 4.78 is 0. The molecule has 0 amide bonds. The summed E-state index contributed by atoms with van der Waals surface area (Å²) in [6, 6.07) is 13.1. The maximum atomic E-state index is 7.45. The van der Waals surface area contributed by atoms with Crippen molar-refractivity contribution in [2.45, 2.75) is 0 Å². The van der Waals surface area contributed by atoms with Crippen LogP contribution in [0.25, 0.3) is 23.2 Å². The van der Waals surface area contributed by atoms with Crippen LogP contribution in [0.15, 0.2) is 42.5 Å². The van der Waals surface area contributed by atoms with Crippen LogP contribution in [0.2, 0.25) is 5.02 Å². The van der Waals surface area contributed by atoms with Crippen LogP contribution >= 0.6 is 24.0 Å². The zero-order valence-corrected chi connectivity index (χ0v) is 13.1. The number of nitrogens with zero attached hydrogens (tertiary/aromatic N) is 1. The molecule has 0 saturated heterocycles. The van der Waals surface area contributed by atoms with Crippen molar-refractivity contribution < 1.29 is 0 Å². The van der Waals surface area contributed by atoms with Gasteiger partial charge in [0.05, 0.1) is 11.0 Å². The van der Waals surface area contributed by atoms with E-state index in [0.717, 1.165) is 22.4 Å². The van der Waals surface area contributed by atoms with Crippen molar-refractivity contribution in [2.24, 2.45) is 5.73 Å². The van der Waals surface area contributed by atoms with Crippen molar-refractivity contribution in [1.29, 1.82) is 5.41 Å². The first-order valence-electron chi connectivity index (χ1n) is 6.40. The fourth-order valence-corrected chi connectivity index (χ4v) is 2.25. The number of halogens is 2. The number of rotatable bonds is 3. The summed E-state index contributed by atoms with van der Waals surface area (Å²) in [6.45, 7) is 0. The van der Waals surface area contributed by atoms with Gasteiger partial charge in [-0.3, -0.25) is 5.41 Å². The lowest BCUT2D eigenvalue weighted by Crippen LogP contribution is -2.10. The van der Waals surface area contributed by atoms with Crippen molar-refractivity contribution in [3.05, 3.63) is 64.4 Å². The molecule has 2 aromatic carbocycles. The molecule has 1 aromatic heterocycles. The van der Waals surface area contributed by atoms with E-state index in [4.69, 9.17) is 22.7 Å². The van der Waals surface area contributed by atoms with Crippen molar-refractivity contribution in [2.75, 3.05) is 0 Å². The number of imidazole rings is 1. The van der Waals surface area contributed by atoms with Gasteiger partial charge in [-0.25, -0.2) is 4.98 Å². The molecular formula is C16H14Cl2N4. The first-order valence-corrected chi connectivity index (χ1v) is 6.78. The minimum absolute atomic E-state index is 0. The Labute approximate surface area is 138 Å². The van der Waals surface area contributed by atoms with Crippen LogP contribution in [0.4, 0.5) is 0 Å². The van der Waals surface area contributed by atoms with Crippen molar-refractivity contribution in [3.8, 4) is 0 Å². The Bertz CT molecular complexity index is 852. The lowest BCUT2D eigenvalue weighted by atomic mass is 10.2. The third kappa shape index (κ3) is 3.30. The summed E-state index contributed by atoms with van der Waals surface area (Å²) in [5.74, 6) is 0.769. The van der Waals surface area contributed by atoms with E-state index in [1.165, 1.54) is 0 Å². The molecule has 0 radical (unpaired) electrons. The molecule has 3 rings (SSSR count). The lowest BCUT2D eigenvalue weighted by Gasteiger charge is -1.96. The van der Waals surface area contributed by atoms with E-state index in [-0.39, 0.29) is 18.2 Å². The van der Waals surface area contributed by atoms with Gasteiger partial charge in [0.15, 0.2) is 0 Å². The Morgan fingerprint density at radius 1 is 1.18 bits per heavy atom. The zero-order valence-electron chi connectivity index (χ0n) is 11.5. The van der Waals surface area contributed by atoms with Crippen LogP contribution in [0, 0.1) is 5.41 Å². The number of aromatic nitrogens is 2. The van der Waals surface area contributed by atoms with Gasteiger partial charge >= 0.3 is 0 Å². The molecule has 0 aliphatic rings. The van der Waals surface area contributed by atoms with Crippen molar-refractivity contribution in [3.63, 3.8) is 0 Å². The highest BCUT2D eigenvalue weighted by Gasteiger charge is 2.03. The van der Waals surface area contributed by atoms with E-state index >= 15 is 0 Å². The molecule has 0 bridgehead atoms. The number of hydrogen-bond donors (Lipinski definition) is 3. The molecular weight excluding hydrogens is 319 g/mol. The molecule has 0 aliphatic heterocycles. The summed E-state index contributed by atoms with van der Waals surface area (Å²) in [7, 11) is 0. The number of benzene rings is 2. The topological polar surface area (TPSA) is 78.6 Å². The number of nitrogen functional groups attached to an aromatic ring is 1. The van der Waals surface area contributed by atoms with Gasteiger partial charge in [-0.05, 0) is 42.0 Å². The average molecular weight is 333 g/mol. The standard InChI is InChI=1S/C16H13ClN4.ClH/c17-12-4-2-1-3-10(12)6-8-15-20-13-7-5-11(16(18)19)9-14(13)21-15;/h1-9H,(H3,18,19)(H,20,21);1H/b8-6+;. The van der Waals surface area contributed by atoms with Crippen LogP contribution in [0.1, 0.15) is 17.0 Å². The molecule has 0 fully saturated rings. The fourth-order valence-electron chi connectivity index (χ4n) is 2.05. The van der Waals surface area contributed by atoms with E-state index in [0.29, 0.717) is 10.6 Å². The number of H-pyrrole nitrogens is 1. The maximum Gasteiger partial charge on any atom is 0.131 e. The Balaban J connectivity index is 0.00000176. The summed E-state index contributed by atoms with van der Waals surface area (Å²) in [6.07, 6.45) is 3.78. The summed E-state index contributed by atoms with van der Waals surface area (Å²) in [4.78, 5) is 7.65. The van der Waals surface area contributed by atoms with Crippen LogP contribution in [-0.4, -0.2) is 15.8 Å². The minimum Gasteiger partial charge on any atom is -0.384 e. The van der Waals surface area contributed by atoms with Crippen LogP contribution < -0.4 is 5.73 Å². The molecule has 4 nitrogen and oxygen atoms in total. The van der Waals surface area contributed by atoms with Crippen LogP contribution in [0.5, 0.6) is 0 Å². The number of nitrogens with one attached hydrogen (secondary N) is 2. The number of amidine groups is 1. The van der Waals surface area contributed by atoms with Gasteiger partial charge < -0.3 is 10.7 Å². The van der Waals surface area contributed by atoms with Gasteiger partial charge in [-0.1, -0.05) is 29.8 Å². The van der Waals surface area contributed by atoms with Gasteiger partial charge in [0.1, 0.15) is 11.7 Å². The van der Waals surface area contributed by atoms with Crippen LogP contribution in [-0.2, 0) is 0 Å². The number of hydrogen-bond acceptors (Lipinski definition) is 2. The second-order valence-electron chi connectivity index (χ2n) is 4.62. The Morgan fingerprint density at radius 3 is 2.68 bits per heavy atom. The van der Waals surface area contributed by atoms with E-state index in [2.05, 4.69) is 9.97 Å². The summed E-state index contributed by atoms with van der Waals surface area (Å²) in [5, 5.41) is 8.15. The fraction of sp³-hybridized carbons (Fsp3) is 0. The highest BCUT2D eigenvalue weighted by molar-refractivity contribution is 6.32. The smallest absolute Gasteiger partial charge is 0.131 e. The molecule has 3 aromatic rings. The van der Waals surface area contributed by atoms with E-state index in [1.54, 1.807) is 6.07 Å². The van der Waals surface area contributed by atoms with Gasteiger partial charge in [0, 0.05) is 10.6 Å². The highest BCUT2D eigenvalue weighted by atomic mass is 35.5. The molecule has 6 heteroatoms. The molecule has 4 N–H and O–H groups in total. The van der Waals surface area contributed by atoms with Gasteiger partial charge in [-0.2, -0.15) is 0 Å². The largest absolute Gasteiger partial charge is 0.384 e. The quantitative estimate of drug-likeness (QED) is 0.498. The maximum absolute atomic E-state index is 7.45. The third-order valence-corrected chi connectivity index (χ3v) is 3.48. The molecule has 22 heavy (non-hydrogen) atoms. The van der Waals surface area contributed by atoms with Gasteiger partial charge in [0.25, 0.3) is 0 Å². The van der Waals surface area contributed by atoms with Gasteiger partial charge in [-0.15, -0.1) is 12.4 Å². The Kier molecular flexibility index (Phi) is 4.85. The summed E-state index contributed by atoms with van der Waals surface area (Å²) >= 11 is 6.11. The molecule has 112 valence electrons.